The molecule has 0 radical (unpaired) electrons. The van der Waals surface area contributed by atoms with E-state index in [4.69, 9.17) is 4.74 Å². The molecule has 0 saturated carbocycles. The lowest BCUT2D eigenvalue weighted by Crippen LogP contribution is -2.36. The highest BCUT2D eigenvalue weighted by Crippen LogP contribution is 2.23. The third kappa shape index (κ3) is 4.03. The van der Waals surface area contributed by atoms with Gasteiger partial charge in [-0.1, -0.05) is 12.1 Å². The van der Waals surface area contributed by atoms with E-state index in [1.165, 1.54) is 18.4 Å². The summed E-state index contributed by atoms with van der Waals surface area (Å²) in [5, 5.41) is 4.40. The molecule has 2 aromatic heterocycles. The number of piperidine rings is 1. The van der Waals surface area contributed by atoms with E-state index in [1.807, 2.05) is 24.4 Å². The summed E-state index contributed by atoms with van der Waals surface area (Å²) in [6, 6.07) is 10.7. The predicted molar refractivity (Wildman–Crippen MR) is 94.3 cm³/mol. The monoisotopic (exact) mass is 335 g/mol. The van der Waals surface area contributed by atoms with Gasteiger partial charge in [-0.15, -0.1) is 0 Å². The van der Waals surface area contributed by atoms with Crippen LogP contribution < -0.4 is 4.74 Å². The second kappa shape index (κ2) is 7.44. The lowest BCUT2D eigenvalue weighted by atomic mass is 10.0. The standard InChI is InChI=1S/C19H21N5O/c1-3-17(24-12-2-8-22-24)15-23(11-1)14-16-4-6-18(7-5-16)25-19-13-20-9-10-21-19/h2,4-10,12-13,17H,1,3,11,14-15H2/t17-/m0/s1. The molecule has 4 rings (SSSR count). The molecule has 0 bridgehead atoms. The Hall–Kier alpha value is -2.73. The van der Waals surface area contributed by atoms with Gasteiger partial charge in [-0.25, -0.2) is 4.98 Å². The molecule has 6 heteroatoms. The van der Waals surface area contributed by atoms with Crippen LogP contribution in [0.4, 0.5) is 0 Å². The van der Waals surface area contributed by atoms with Gasteiger partial charge in [0.15, 0.2) is 0 Å². The lowest BCUT2D eigenvalue weighted by Gasteiger charge is -2.32. The van der Waals surface area contributed by atoms with E-state index in [9.17, 15) is 0 Å². The van der Waals surface area contributed by atoms with Crippen molar-refractivity contribution in [3.05, 3.63) is 66.9 Å². The highest BCUT2D eigenvalue weighted by atomic mass is 16.5. The fourth-order valence-corrected chi connectivity index (χ4v) is 3.27. The number of likely N-dealkylation sites (tertiary alicyclic amines) is 1. The van der Waals surface area contributed by atoms with Gasteiger partial charge in [0, 0.05) is 37.9 Å². The number of hydrogen-bond donors (Lipinski definition) is 0. The van der Waals surface area contributed by atoms with Crippen LogP contribution in [0.3, 0.4) is 0 Å². The highest BCUT2D eigenvalue weighted by molar-refractivity contribution is 5.29. The Morgan fingerprint density at radius 3 is 2.80 bits per heavy atom. The molecule has 1 saturated heterocycles. The summed E-state index contributed by atoms with van der Waals surface area (Å²) >= 11 is 0. The third-order valence-electron chi connectivity index (χ3n) is 4.47. The second-order valence-corrected chi connectivity index (χ2v) is 6.31. The van der Waals surface area contributed by atoms with E-state index in [0.29, 0.717) is 11.9 Å². The summed E-state index contributed by atoms with van der Waals surface area (Å²) in [4.78, 5) is 10.6. The summed E-state index contributed by atoms with van der Waals surface area (Å²) in [5.41, 5.74) is 1.28. The Morgan fingerprint density at radius 1 is 1.12 bits per heavy atom. The van der Waals surface area contributed by atoms with E-state index in [-0.39, 0.29) is 0 Å². The first-order chi connectivity index (χ1) is 12.4. The zero-order valence-corrected chi connectivity index (χ0v) is 14.0. The average Bonchev–Trinajstić information content (AvgIpc) is 3.19. The van der Waals surface area contributed by atoms with Crippen molar-refractivity contribution < 1.29 is 4.74 Å². The first kappa shape index (κ1) is 15.8. The fourth-order valence-electron chi connectivity index (χ4n) is 3.27. The first-order valence-electron chi connectivity index (χ1n) is 8.61. The van der Waals surface area contributed by atoms with Crippen LogP contribution in [-0.4, -0.2) is 37.7 Å². The minimum atomic E-state index is 0.475. The van der Waals surface area contributed by atoms with E-state index in [2.05, 4.69) is 43.0 Å². The summed E-state index contributed by atoms with van der Waals surface area (Å²) in [6.45, 7) is 3.12. The van der Waals surface area contributed by atoms with Crippen LogP contribution in [-0.2, 0) is 6.54 Å². The maximum absolute atomic E-state index is 5.69. The van der Waals surface area contributed by atoms with Gasteiger partial charge in [-0.05, 0) is 43.1 Å². The van der Waals surface area contributed by atoms with Gasteiger partial charge in [0.1, 0.15) is 5.75 Å². The highest BCUT2D eigenvalue weighted by Gasteiger charge is 2.21. The van der Waals surface area contributed by atoms with Crippen LogP contribution in [0.25, 0.3) is 0 Å². The van der Waals surface area contributed by atoms with Crippen molar-refractivity contribution in [1.29, 1.82) is 0 Å². The average molecular weight is 335 g/mol. The number of ether oxygens (including phenoxy) is 1. The van der Waals surface area contributed by atoms with Crippen molar-refractivity contribution in [2.45, 2.75) is 25.4 Å². The topological polar surface area (TPSA) is 56.1 Å². The Balaban J connectivity index is 1.36. The summed E-state index contributed by atoms with van der Waals surface area (Å²) in [6.07, 6.45) is 11.2. The van der Waals surface area contributed by atoms with E-state index in [0.717, 1.165) is 25.4 Å². The molecule has 3 heterocycles. The zero-order chi connectivity index (χ0) is 16.9. The molecule has 6 nitrogen and oxygen atoms in total. The van der Waals surface area contributed by atoms with Gasteiger partial charge in [0.2, 0.25) is 5.88 Å². The predicted octanol–water partition coefficient (Wildman–Crippen LogP) is 3.30. The number of hydrogen-bond acceptors (Lipinski definition) is 5. The van der Waals surface area contributed by atoms with Crippen LogP contribution in [0.15, 0.2) is 61.3 Å². The fraction of sp³-hybridized carbons (Fsp3) is 0.316. The minimum absolute atomic E-state index is 0.475. The molecule has 1 atom stereocenters. The zero-order valence-electron chi connectivity index (χ0n) is 14.0. The number of rotatable bonds is 5. The van der Waals surface area contributed by atoms with Crippen molar-refractivity contribution in [3.63, 3.8) is 0 Å². The van der Waals surface area contributed by atoms with Gasteiger partial charge >= 0.3 is 0 Å². The van der Waals surface area contributed by atoms with Crippen LogP contribution in [0.1, 0.15) is 24.4 Å². The smallest absolute Gasteiger partial charge is 0.237 e. The van der Waals surface area contributed by atoms with Crippen LogP contribution >= 0.6 is 0 Å². The molecule has 1 aromatic carbocycles. The van der Waals surface area contributed by atoms with Gasteiger partial charge in [-0.2, -0.15) is 5.10 Å². The Labute approximate surface area is 147 Å². The summed E-state index contributed by atoms with van der Waals surface area (Å²) < 4.78 is 7.78. The molecule has 0 amide bonds. The largest absolute Gasteiger partial charge is 0.438 e. The quantitative estimate of drug-likeness (QED) is 0.716. The van der Waals surface area contributed by atoms with Gasteiger partial charge in [-0.3, -0.25) is 14.6 Å². The molecule has 128 valence electrons. The minimum Gasteiger partial charge on any atom is -0.438 e. The van der Waals surface area contributed by atoms with E-state index < -0.39 is 0 Å². The Kier molecular flexibility index (Phi) is 4.70. The SMILES string of the molecule is c1cnn([C@H]2CCCN(Cc3ccc(Oc4cnccn4)cc3)C2)c1. The van der Waals surface area contributed by atoms with Crippen molar-refractivity contribution >= 4 is 0 Å². The molecule has 0 spiro atoms. The molecule has 0 unspecified atom stereocenters. The van der Waals surface area contributed by atoms with E-state index >= 15 is 0 Å². The van der Waals surface area contributed by atoms with Crippen molar-refractivity contribution in [2.75, 3.05) is 13.1 Å². The second-order valence-electron chi connectivity index (χ2n) is 6.31. The first-order valence-corrected chi connectivity index (χ1v) is 8.61. The number of benzene rings is 1. The molecule has 1 aliphatic rings. The maximum atomic E-state index is 5.69. The Morgan fingerprint density at radius 2 is 2.04 bits per heavy atom. The molecular formula is C19H21N5O. The normalized spacial score (nSPS) is 18.2. The Bertz CT molecular complexity index is 773. The lowest BCUT2D eigenvalue weighted by molar-refractivity contribution is 0.163. The van der Waals surface area contributed by atoms with Crippen LogP contribution in [0.5, 0.6) is 11.6 Å². The third-order valence-corrected chi connectivity index (χ3v) is 4.47. The molecule has 0 N–H and O–H groups in total. The van der Waals surface area contributed by atoms with Crippen molar-refractivity contribution in [3.8, 4) is 11.6 Å². The number of nitrogens with zero attached hydrogens (tertiary/aromatic N) is 5. The van der Waals surface area contributed by atoms with Gasteiger partial charge in [0.25, 0.3) is 0 Å². The molecule has 25 heavy (non-hydrogen) atoms. The van der Waals surface area contributed by atoms with Crippen molar-refractivity contribution in [2.24, 2.45) is 0 Å². The van der Waals surface area contributed by atoms with Crippen LogP contribution in [0.2, 0.25) is 0 Å². The summed E-state index contributed by atoms with van der Waals surface area (Å²) in [5.74, 6) is 1.28. The molecule has 1 fully saturated rings. The molecule has 3 aromatic rings. The summed E-state index contributed by atoms with van der Waals surface area (Å²) in [7, 11) is 0. The molecule has 1 aliphatic heterocycles. The van der Waals surface area contributed by atoms with Crippen LogP contribution in [0, 0.1) is 0 Å². The van der Waals surface area contributed by atoms with E-state index in [1.54, 1.807) is 18.6 Å². The number of aromatic nitrogens is 4. The molecule has 0 aliphatic carbocycles. The molecular weight excluding hydrogens is 314 g/mol. The van der Waals surface area contributed by atoms with Crippen molar-refractivity contribution in [1.82, 2.24) is 24.6 Å². The van der Waals surface area contributed by atoms with Gasteiger partial charge in [0.05, 0.1) is 12.2 Å². The maximum Gasteiger partial charge on any atom is 0.237 e. The van der Waals surface area contributed by atoms with Gasteiger partial charge < -0.3 is 4.74 Å².